The second kappa shape index (κ2) is 63.6. The quantitative estimate of drug-likeness (QED) is 0.0618. The second-order valence-electron chi connectivity index (χ2n) is 20.9. The topological polar surface area (TPSA) is 37.3 Å². The van der Waals surface area contributed by atoms with Crippen LogP contribution in [0, 0.1) is 0 Å². The van der Waals surface area contributed by atoms with Crippen molar-refractivity contribution in [1.82, 2.24) is 0 Å². The molecule has 0 aromatic heterocycles. The summed E-state index contributed by atoms with van der Waals surface area (Å²) >= 11 is 0. The van der Waals surface area contributed by atoms with Crippen LogP contribution in [0.15, 0.2) is 0 Å². The van der Waals surface area contributed by atoms with Gasteiger partial charge < -0.3 is 5.11 Å². The summed E-state index contributed by atoms with van der Waals surface area (Å²) in [6.07, 6.45) is 80.8. The molecule has 0 radical (unpaired) electrons. The third-order valence-corrected chi connectivity index (χ3v) is 14.2. The molecule has 2 nitrogen and oxygen atoms in total. The fraction of sp³-hybridized carbons (Fsp3) is 0.984. The first-order valence-electron chi connectivity index (χ1n) is 30.4. The van der Waals surface area contributed by atoms with E-state index in [1.807, 2.05) is 0 Å². The maximum absolute atomic E-state index is 10.5. The van der Waals surface area contributed by atoms with E-state index in [1.165, 1.54) is 347 Å². The van der Waals surface area contributed by atoms with E-state index in [9.17, 15) is 4.79 Å². The first kappa shape index (κ1) is 64.6. The number of carboxylic acid groups (broad SMARTS) is 1. The number of carbonyl (C=O) groups is 1. The number of hydrogen-bond donors (Lipinski definition) is 1. The van der Waals surface area contributed by atoms with Gasteiger partial charge in [-0.25, -0.2) is 0 Å². The van der Waals surface area contributed by atoms with E-state index in [-0.39, 0.29) is 0 Å². The molecule has 0 rings (SSSR count). The lowest BCUT2D eigenvalue weighted by Crippen LogP contribution is -1.93. The molecule has 1 N–H and O–H groups in total. The zero-order valence-electron chi connectivity index (χ0n) is 44.7. The fourth-order valence-corrected chi connectivity index (χ4v) is 9.69. The van der Waals surface area contributed by atoms with Gasteiger partial charge in [0.05, 0.1) is 0 Å². The molecule has 0 aliphatic carbocycles. The van der Waals surface area contributed by atoms with Gasteiger partial charge in [-0.1, -0.05) is 374 Å². The first-order valence-corrected chi connectivity index (χ1v) is 30.4. The molecule has 0 saturated heterocycles. The average Bonchev–Trinajstić information content (AvgIpc) is 3.28. The van der Waals surface area contributed by atoms with Crippen molar-refractivity contribution in [2.24, 2.45) is 0 Å². The minimum Gasteiger partial charge on any atom is -0.481 e. The van der Waals surface area contributed by atoms with Gasteiger partial charge in [-0.05, 0) is 6.42 Å². The molecule has 0 aliphatic rings. The van der Waals surface area contributed by atoms with Gasteiger partial charge in [0.15, 0.2) is 0 Å². The maximum atomic E-state index is 10.5. The zero-order valence-corrected chi connectivity index (χ0v) is 44.7. The normalized spacial score (nSPS) is 11.3. The summed E-state index contributed by atoms with van der Waals surface area (Å²) < 4.78 is 0. The summed E-state index contributed by atoms with van der Waals surface area (Å²) in [5, 5.41) is 8.64. The van der Waals surface area contributed by atoms with Gasteiger partial charge in [0.2, 0.25) is 0 Å². The molecule has 0 aromatic rings. The third-order valence-electron chi connectivity index (χ3n) is 14.2. The second-order valence-corrected chi connectivity index (χ2v) is 20.9. The summed E-state index contributed by atoms with van der Waals surface area (Å²) in [6.45, 7) is 6.90. The van der Waals surface area contributed by atoms with Crippen LogP contribution in [0.25, 0.3) is 0 Å². The Balaban J connectivity index is 0. The van der Waals surface area contributed by atoms with Gasteiger partial charge in [-0.15, -0.1) is 0 Å². The van der Waals surface area contributed by atoms with Crippen molar-refractivity contribution >= 4 is 5.97 Å². The Labute approximate surface area is 401 Å². The standard InChI is InChI=1S/C40H80O2.C21H44/c1-2-3-4-5-6-7-8-9-10-11-12-13-14-15-16-17-18-19-20-21-22-23-24-25-26-27-28-29-30-31-32-33-34-35-36-37-38-39-40(41)42;1-3-5-7-9-11-13-15-17-19-21-20-18-16-14-12-10-8-6-4-2/h2-39H2,1H3,(H,41,42);3-21H2,1-2H3. The minimum absolute atomic E-state index is 0.347. The van der Waals surface area contributed by atoms with Crippen molar-refractivity contribution in [2.45, 2.75) is 387 Å². The van der Waals surface area contributed by atoms with Crippen LogP contribution < -0.4 is 0 Å². The number of rotatable bonds is 56. The predicted molar refractivity (Wildman–Crippen MR) is 288 cm³/mol. The van der Waals surface area contributed by atoms with E-state index in [4.69, 9.17) is 5.11 Å². The molecule has 380 valence electrons. The first-order chi connectivity index (χ1) is 31.2. The fourth-order valence-electron chi connectivity index (χ4n) is 9.69. The lowest BCUT2D eigenvalue weighted by atomic mass is 10.0. The van der Waals surface area contributed by atoms with Gasteiger partial charge in [0.1, 0.15) is 0 Å². The van der Waals surface area contributed by atoms with E-state index in [1.54, 1.807) is 0 Å². The van der Waals surface area contributed by atoms with Crippen molar-refractivity contribution in [2.75, 3.05) is 0 Å². The molecule has 0 bridgehead atoms. The number of hydrogen-bond acceptors (Lipinski definition) is 1. The highest BCUT2D eigenvalue weighted by atomic mass is 16.4. The SMILES string of the molecule is CCCCCCCCCCCCCCCCCCCCC.CCCCCCCCCCCCCCCCCCCCCCCCCCCCCCCCCCCCCCCC(=O)O. The Hall–Kier alpha value is -0.530. The Morgan fingerprint density at radius 1 is 0.190 bits per heavy atom. The van der Waals surface area contributed by atoms with E-state index < -0.39 is 5.97 Å². The molecule has 0 spiro atoms. The van der Waals surface area contributed by atoms with Crippen molar-refractivity contribution in [1.29, 1.82) is 0 Å². The van der Waals surface area contributed by atoms with Gasteiger partial charge in [0, 0.05) is 6.42 Å². The van der Waals surface area contributed by atoms with Crippen LogP contribution in [-0.2, 0) is 4.79 Å². The predicted octanol–water partition coefficient (Wildman–Crippen LogP) is 23.4. The number of aliphatic carboxylic acids is 1. The monoisotopic (exact) mass is 889 g/mol. The highest BCUT2D eigenvalue weighted by Gasteiger charge is 2.00. The van der Waals surface area contributed by atoms with Crippen LogP contribution in [0.1, 0.15) is 387 Å². The molecule has 2 heteroatoms. The highest BCUT2D eigenvalue weighted by molar-refractivity contribution is 5.66. The third kappa shape index (κ3) is 68.2. The van der Waals surface area contributed by atoms with E-state index in [0.717, 1.165) is 12.8 Å². The molecule has 0 amide bonds. The van der Waals surface area contributed by atoms with E-state index >= 15 is 0 Å². The summed E-state index contributed by atoms with van der Waals surface area (Å²) in [4.78, 5) is 10.5. The minimum atomic E-state index is -0.647. The molecule has 0 heterocycles. The molecule has 0 unspecified atom stereocenters. The lowest BCUT2D eigenvalue weighted by Gasteiger charge is -2.05. The van der Waals surface area contributed by atoms with Gasteiger partial charge in [-0.2, -0.15) is 0 Å². The average molecular weight is 890 g/mol. The molecule has 0 atom stereocenters. The van der Waals surface area contributed by atoms with Crippen molar-refractivity contribution < 1.29 is 9.90 Å². The zero-order chi connectivity index (χ0) is 45.9. The van der Waals surface area contributed by atoms with Gasteiger partial charge in [0.25, 0.3) is 0 Å². The molecule has 0 saturated carbocycles. The van der Waals surface area contributed by atoms with E-state index in [0.29, 0.717) is 6.42 Å². The van der Waals surface area contributed by atoms with Crippen molar-refractivity contribution in [3.05, 3.63) is 0 Å². The largest absolute Gasteiger partial charge is 0.481 e. The molecule has 0 fully saturated rings. The summed E-state index contributed by atoms with van der Waals surface area (Å²) in [6, 6.07) is 0. The molecular weight excluding hydrogens is 765 g/mol. The Kier molecular flexibility index (Phi) is 65.1. The van der Waals surface area contributed by atoms with Gasteiger partial charge >= 0.3 is 5.97 Å². The van der Waals surface area contributed by atoms with Crippen LogP contribution >= 0.6 is 0 Å². The Bertz CT molecular complexity index is 744. The summed E-state index contributed by atoms with van der Waals surface area (Å²) in [5.74, 6) is -0.647. The smallest absolute Gasteiger partial charge is 0.303 e. The molecule has 0 aromatic carbocycles. The van der Waals surface area contributed by atoms with Gasteiger partial charge in [-0.3, -0.25) is 4.79 Å². The number of unbranched alkanes of at least 4 members (excludes halogenated alkanes) is 54. The van der Waals surface area contributed by atoms with Crippen LogP contribution in [0.4, 0.5) is 0 Å². The lowest BCUT2D eigenvalue weighted by molar-refractivity contribution is -0.137. The van der Waals surface area contributed by atoms with Crippen LogP contribution in [0.3, 0.4) is 0 Å². The van der Waals surface area contributed by atoms with E-state index in [2.05, 4.69) is 20.8 Å². The summed E-state index contributed by atoms with van der Waals surface area (Å²) in [7, 11) is 0. The maximum Gasteiger partial charge on any atom is 0.303 e. The van der Waals surface area contributed by atoms with Crippen LogP contribution in [-0.4, -0.2) is 11.1 Å². The molecule has 0 aliphatic heterocycles. The number of carboxylic acids is 1. The van der Waals surface area contributed by atoms with Crippen molar-refractivity contribution in [3.63, 3.8) is 0 Å². The Morgan fingerprint density at radius 3 is 0.381 bits per heavy atom. The van der Waals surface area contributed by atoms with Crippen LogP contribution in [0.2, 0.25) is 0 Å². The molecular formula is C61H124O2. The van der Waals surface area contributed by atoms with Crippen molar-refractivity contribution in [3.8, 4) is 0 Å². The highest BCUT2D eigenvalue weighted by Crippen LogP contribution is 2.19. The van der Waals surface area contributed by atoms with Crippen LogP contribution in [0.5, 0.6) is 0 Å². The summed E-state index contributed by atoms with van der Waals surface area (Å²) in [5.41, 5.74) is 0. The molecule has 63 heavy (non-hydrogen) atoms. The Morgan fingerprint density at radius 2 is 0.286 bits per heavy atom.